The van der Waals surface area contributed by atoms with Crippen LogP contribution in [0.15, 0.2) is 65.1 Å². The number of rotatable bonds is 11. The van der Waals surface area contributed by atoms with Crippen LogP contribution in [0.3, 0.4) is 0 Å². The molecule has 0 atom stereocenters. The summed E-state index contributed by atoms with van der Waals surface area (Å²) in [5.74, 6) is 1.94. The van der Waals surface area contributed by atoms with E-state index in [9.17, 15) is 4.39 Å². The maximum absolute atomic E-state index is 13.1. The van der Waals surface area contributed by atoms with Gasteiger partial charge >= 0.3 is 0 Å². The molecule has 0 unspecified atom stereocenters. The van der Waals surface area contributed by atoms with Gasteiger partial charge in [0.15, 0.2) is 11.5 Å². The number of nitrogens with one attached hydrogen (secondary N) is 1. The molecule has 0 aliphatic heterocycles. The quantitative estimate of drug-likeness (QED) is 0.298. The van der Waals surface area contributed by atoms with Crippen molar-refractivity contribution >= 4 is 28.3 Å². The van der Waals surface area contributed by atoms with E-state index in [0.717, 1.165) is 34.3 Å². The third kappa shape index (κ3) is 7.69. The summed E-state index contributed by atoms with van der Waals surface area (Å²) >= 11 is 3.61. The minimum absolute atomic E-state index is 0. The van der Waals surface area contributed by atoms with Crippen LogP contribution in [-0.4, -0.2) is 20.3 Å². The van der Waals surface area contributed by atoms with Crippen molar-refractivity contribution in [2.45, 2.75) is 26.5 Å². The number of hydrogen-bond acceptors (Lipinski definition) is 4. The Balaban J connectivity index is 0.00000363. The molecule has 0 bridgehead atoms. The first-order valence-corrected chi connectivity index (χ1v) is 11.0. The van der Waals surface area contributed by atoms with Gasteiger partial charge in [-0.3, -0.25) is 0 Å². The molecule has 0 heterocycles. The zero-order chi connectivity index (χ0) is 22.1. The van der Waals surface area contributed by atoms with Gasteiger partial charge in [-0.2, -0.15) is 0 Å². The van der Waals surface area contributed by atoms with Crippen molar-refractivity contribution in [2.24, 2.45) is 0 Å². The average Bonchev–Trinajstić information content (AvgIpc) is 2.78. The number of ether oxygens (including phenoxy) is 3. The van der Waals surface area contributed by atoms with Crippen molar-refractivity contribution in [3.63, 3.8) is 0 Å². The van der Waals surface area contributed by atoms with E-state index in [-0.39, 0.29) is 18.2 Å². The van der Waals surface area contributed by atoms with Gasteiger partial charge in [0.25, 0.3) is 0 Å². The summed E-state index contributed by atoms with van der Waals surface area (Å²) in [6.45, 7) is 4.38. The summed E-state index contributed by atoms with van der Waals surface area (Å²) in [5, 5.41) is 3.47. The van der Waals surface area contributed by atoms with Gasteiger partial charge in [-0.05, 0) is 88.9 Å². The summed E-state index contributed by atoms with van der Waals surface area (Å²) in [7, 11) is 1.67. The largest absolute Gasteiger partial charge is 0.497 e. The maximum atomic E-state index is 13.1. The molecule has 32 heavy (non-hydrogen) atoms. The second kappa shape index (κ2) is 13.3. The summed E-state index contributed by atoms with van der Waals surface area (Å²) in [5.41, 5.74) is 3.24. The molecule has 3 rings (SSSR count). The molecule has 0 aromatic heterocycles. The predicted octanol–water partition coefficient (Wildman–Crippen LogP) is 6.33. The fourth-order valence-corrected chi connectivity index (χ4v) is 3.72. The highest BCUT2D eigenvalue weighted by molar-refractivity contribution is 9.10. The van der Waals surface area contributed by atoms with Crippen molar-refractivity contribution in [1.29, 1.82) is 0 Å². The van der Waals surface area contributed by atoms with Crippen molar-refractivity contribution in [1.82, 2.24) is 5.32 Å². The highest BCUT2D eigenvalue weighted by atomic mass is 79.9. The molecule has 0 aliphatic rings. The van der Waals surface area contributed by atoms with E-state index in [1.54, 1.807) is 19.2 Å². The van der Waals surface area contributed by atoms with Gasteiger partial charge in [0.1, 0.15) is 18.2 Å². The minimum atomic E-state index is -0.260. The fraction of sp³-hybridized carbons (Fsp3) is 0.280. The van der Waals surface area contributed by atoms with Gasteiger partial charge in [-0.25, -0.2) is 4.39 Å². The van der Waals surface area contributed by atoms with Crippen molar-refractivity contribution < 1.29 is 18.6 Å². The Hall–Kier alpha value is -2.28. The fourth-order valence-electron chi connectivity index (χ4n) is 3.12. The first-order valence-electron chi connectivity index (χ1n) is 10.2. The second-order valence-corrected chi connectivity index (χ2v) is 7.88. The van der Waals surface area contributed by atoms with Crippen LogP contribution in [0.25, 0.3) is 0 Å². The third-order valence-electron chi connectivity index (χ3n) is 4.74. The molecular weight excluding hydrogens is 497 g/mol. The van der Waals surface area contributed by atoms with Crippen LogP contribution in [0.1, 0.15) is 23.6 Å². The van der Waals surface area contributed by atoms with Crippen LogP contribution < -0.4 is 19.5 Å². The standard InChI is InChI=1S/C25H27BrFNO3.ClH/c1-3-30-24-15-20(16-28-13-12-18-6-10-22(29-2)11-7-18)14-23(26)25(24)31-17-19-4-8-21(27)9-5-19;/h4-11,14-15,28H,3,12-13,16-17H2,1-2H3;1H. The first-order chi connectivity index (χ1) is 15.1. The van der Waals surface area contributed by atoms with Gasteiger partial charge in [-0.15, -0.1) is 12.4 Å². The highest BCUT2D eigenvalue weighted by Gasteiger charge is 2.13. The number of hydrogen-bond donors (Lipinski definition) is 1. The zero-order valence-electron chi connectivity index (χ0n) is 18.2. The molecule has 0 spiro atoms. The molecule has 3 aromatic rings. The SMILES string of the molecule is CCOc1cc(CNCCc2ccc(OC)cc2)cc(Br)c1OCc1ccc(F)cc1.Cl. The molecule has 3 aromatic carbocycles. The topological polar surface area (TPSA) is 39.7 Å². The van der Waals surface area contributed by atoms with Crippen molar-refractivity contribution in [3.05, 3.63) is 87.6 Å². The molecule has 4 nitrogen and oxygen atoms in total. The molecule has 0 aliphatic carbocycles. The first kappa shape index (κ1) is 26.0. The average molecular weight is 525 g/mol. The smallest absolute Gasteiger partial charge is 0.175 e. The van der Waals surface area contributed by atoms with E-state index in [4.69, 9.17) is 14.2 Å². The van der Waals surface area contributed by atoms with Gasteiger partial charge in [0.05, 0.1) is 18.2 Å². The zero-order valence-corrected chi connectivity index (χ0v) is 20.6. The van der Waals surface area contributed by atoms with Crippen LogP contribution in [-0.2, 0) is 19.6 Å². The van der Waals surface area contributed by atoms with E-state index in [0.29, 0.717) is 31.3 Å². The molecule has 0 amide bonds. The van der Waals surface area contributed by atoms with E-state index >= 15 is 0 Å². The van der Waals surface area contributed by atoms with Gasteiger partial charge in [0, 0.05) is 6.54 Å². The second-order valence-electron chi connectivity index (χ2n) is 7.03. The molecule has 0 saturated heterocycles. The van der Waals surface area contributed by atoms with Crippen LogP contribution in [0.4, 0.5) is 4.39 Å². The van der Waals surface area contributed by atoms with Crippen LogP contribution in [0.5, 0.6) is 17.2 Å². The normalized spacial score (nSPS) is 10.4. The molecule has 0 fully saturated rings. The Morgan fingerprint density at radius 3 is 2.25 bits per heavy atom. The number of halogens is 3. The van der Waals surface area contributed by atoms with Crippen LogP contribution in [0.2, 0.25) is 0 Å². The summed E-state index contributed by atoms with van der Waals surface area (Å²) in [6, 6.07) is 18.4. The van der Waals surface area contributed by atoms with E-state index in [2.05, 4.69) is 33.4 Å². The highest BCUT2D eigenvalue weighted by Crippen LogP contribution is 2.37. The van der Waals surface area contributed by atoms with Gasteiger partial charge in [0.2, 0.25) is 0 Å². The van der Waals surface area contributed by atoms with Crippen molar-refractivity contribution in [3.8, 4) is 17.2 Å². The number of methoxy groups -OCH3 is 1. The summed E-state index contributed by atoms with van der Waals surface area (Å²) in [4.78, 5) is 0. The Morgan fingerprint density at radius 1 is 0.906 bits per heavy atom. The lowest BCUT2D eigenvalue weighted by atomic mass is 10.1. The third-order valence-corrected chi connectivity index (χ3v) is 5.33. The lowest BCUT2D eigenvalue weighted by molar-refractivity contribution is 0.267. The molecular formula is C25H28BrClFNO3. The van der Waals surface area contributed by atoms with E-state index in [1.165, 1.54) is 17.7 Å². The lowest BCUT2D eigenvalue weighted by Gasteiger charge is -2.16. The van der Waals surface area contributed by atoms with Crippen LogP contribution in [0, 0.1) is 5.82 Å². The van der Waals surface area contributed by atoms with E-state index < -0.39 is 0 Å². The molecule has 0 radical (unpaired) electrons. The van der Waals surface area contributed by atoms with Gasteiger partial charge < -0.3 is 19.5 Å². The lowest BCUT2D eigenvalue weighted by Crippen LogP contribution is -2.17. The Labute approximate surface area is 203 Å². The molecule has 7 heteroatoms. The Kier molecular flexibility index (Phi) is 10.8. The molecule has 1 N–H and O–H groups in total. The minimum Gasteiger partial charge on any atom is -0.497 e. The Bertz CT molecular complexity index is 968. The summed E-state index contributed by atoms with van der Waals surface area (Å²) in [6.07, 6.45) is 0.933. The molecule has 172 valence electrons. The summed E-state index contributed by atoms with van der Waals surface area (Å²) < 4.78 is 30.9. The predicted molar refractivity (Wildman–Crippen MR) is 132 cm³/mol. The van der Waals surface area contributed by atoms with Gasteiger partial charge in [-0.1, -0.05) is 24.3 Å². The molecule has 0 saturated carbocycles. The Morgan fingerprint density at radius 2 is 1.59 bits per heavy atom. The van der Waals surface area contributed by atoms with E-state index in [1.807, 2.05) is 31.2 Å². The maximum Gasteiger partial charge on any atom is 0.175 e. The van der Waals surface area contributed by atoms with Crippen LogP contribution >= 0.6 is 28.3 Å². The number of benzene rings is 3. The van der Waals surface area contributed by atoms with Crippen molar-refractivity contribution in [2.75, 3.05) is 20.3 Å². The monoisotopic (exact) mass is 523 g/mol.